The molecule has 0 spiro atoms. The summed E-state index contributed by atoms with van der Waals surface area (Å²) < 4.78 is 0. The normalized spacial score (nSPS) is 20.8. The Hall–Kier alpha value is -0.370. The number of hydrogen-bond acceptors (Lipinski definition) is 3. The van der Waals surface area contributed by atoms with E-state index in [0.717, 1.165) is 29.9 Å². The molecule has 0 saturated heterocycles. The predicted molar refractivity (Wildman–Crippen MR) is 102 cm³/mol. The van der Waals surface area contributed by atoms with Crippen molar-refractivity contribution in [1.82, 2.24) is 15.6 Å². The molecule has 2 rings (SSSR count). The van der Waals surface area contributed by atoms with Gasteiger partial charge in [0, 0.05) is 23.7 Å². The van der Waals surface area contributed by atoms with Crippen LogP contribution in [0.2, 0.25) is 0 Å². The number of nitrogens with one attached hydrogen (secondary N) is 2. The van der Waals surface area contributed by atoms with Gasteiger partial charge in [-0.1, -0.05) is 20.3 Å². The fourth-order valence-electron chi connectivity index (χ4n) is 2.34. The number of nitrogens with zero attached hydrogens (tertiary/aromatic N) is 2. The Morgan fingerprint density at radius 2 is 2.24 bits per heavy atom. The Balaban J connectivity index is 0.00000220. The van der Waals surface area contributed by atoms with E-state index in [2.05, 4.69) is 41.4 Å². The highest BCUT2D eigenvalue weighted by Crippen LogP contribution is 2.34. The van der Waals surface area contributed by atoms with Crippen molar-refractivity contribution < 1.29 is 0 Å². The first-order valence-electron chi connectivity index (χ1n) is 7.75. The van der Waals surface area contributed by atoms with Crippen molar-refractivity contribution in [1.29, 1.82) is 0 Å². The highest BCUT2D eigenvalue weighted by Gasteiger charge is 2.36. The summed E-state index contributed by atoms with van der Waals surface area (Å²) in [6.07, 6.45) is 6.91. The van der Waals surface area contributed by atoms with Gasteiger partial charge in [0.25, 0.3) is 0 Å². The number of guanidine groups is 1. The SMILES string of the molecule is CCCC1CC1NC(=NCc1ncc(CC)s1)NCC.I. The molecule has 1 aliphatic rings. The molecule has 1 saturated carbocycles. The summed E-state index contributed by atoms with van der Waals surface area (Å²) in [4.78, 5) is 10.4. The highest BCUT2D eigenvalue weighted by atomic mass is 127. The fraction of sp³-hybridized carbons (Fsp3) is 0.733. The van der Waals surface area contributed by atoms with Gasteiger partial charge in [0.2, 0.25) is 0 Å². The van der Waals surface area contributed by atoms with E-state index in [0.29, 0.717) is 12.6 Å². The van der Waals surface area contributed by atoms with Gasteiger partial charge in [-0.25, -0.2) is 9.98 Å². The van der Waals surface area contributed by atoms with Gasteiger partial charge in [0.15, 0.2) is 5.96 Å². The summed E-state index contributed by atoms with van der Waals surface area (Å²) in [6.45, 7) is 8.09. The highest BCUT2D eigenvalue weighted by molar-refractivity contribution is 14.0. The lowest BCUT2D eigenvalue weighted by Crippen LogP contribution is -2.39. The number of hydrogen-bond donors (Lipinski definition) is 2. The summed E-state index contributed by atoms with van der Waals surface area (Å²) in [7, 11) is 0. The van der Waals surface area contributed by atoms with Crippen LogP contribution in [0.5, 0.6) is 0 Å². The third kappa shape index (κ3) is 6.10. The molecule has 6 heteroatoms. The standard InChI is InChI=1S/C15H26N4S.HI/c1-4-7-11-8-13(11)19-15(16-6-3)18-10-14-17-9-12(5-2)20-14;/h9,11,13H,4-8,10H2,1-3H3,(H2,16,18,19);1H. The second kappa shape index (κ2) is 9.61. The van der Waals surface area contributed by atoms with Crippen LogP contribution in [0.3, 0.4) is 0 Å². The predicted octanol–water partition coefficient (Wildman–Crippen LogP) is 3.57. The third-order valence-corrected chi connectivity index (χ3v) is 4.70. The number of thiazole rings is 1. The Bertz CT molecular complexity index is 447. The van der Waals surface area contributed by atoms with E-state index in [-0.39, 0.29) is 24.0 Å². The van der Waals surface area contributed by atoms with Gasteiger partial charge in [-0.15, -0.1) is 35.3 Å². The summed E-state index contributed by atoms with van der Waals surface area (Å²) in [5.74, 6) is 1.78. The Labute approximate surface area is 149 Å². The van der Waals surface area contributed by atoms with E-state index in [1.807, 2.05) is 6.20 Å². The Morgan fingerprint density at radius 3 is 2.86 bits per heavy atom. The zero-order chi connectivity index (χ0) is 14.4. The second-order valence-electron chi connectivity index (χ2n) is 5.30. The monoisotopic (exact) mass is 422 g/mol. The molecule has 0 bridgehead atoms. The van der Waals surface area contributed by atoms with Gasteiger partial charge in [-0.2, -0.15) is 0 Å². The summed E-state index contributed by atoms with van der Waals surface area (Å²) in [6, 6.07) is 0.621. The number of aromatic nitrogens is 1. The van der Waals surface area contributed by atoms with Crippen molar-refractivity contribution in [3.05, 3.63) is 16.1 Å². The zero-order valence-electron chi connectivity index (χ0n) is 13.2. The lowest BCUT2D eigenvalue weighted by Gasteiger charge is -2.10. The van der Waals surface area contributed by atoms with Crippen molar-refractivity contribution in [3.8, 4) is 0 Å². The van der Waals surface area contributed by atoms with Crippen LogP contribution in [0.4, 0.5) is 0 Å². The average molecular weight is 422 g/mol. The van der Waals surface area contributed by atoms with Crippen LogP contribution in [0, 0.1) is 5.92 Å². The molecule has 1 fully saturated rings. The molecule has 2 N–H and O–H groups in total. The molecule has 4 nitrogen and oxygen atoms in total. The summed E-state index contributed by atoms with van der Waals surface area (Å²) in [5.41, 5.74) is 0. The molecule has 1 aromatic heterocycles. The minimum atomic E-state index is 0. The van der Waals surface area contributed by atoms with E-state index < -0.39 is 0 Å². The largest absolute Gasteiger partial charge is 0.357 e. The maximum Gasteiger partial charge on any atom is 0.191 e. The second-order valence-corrected chi connectivity index (χ2v) is 6.50. The third-order valence-electron chi connectivity index (χ3n) is 3.57. The molecule has 1 aliphatic carbocycles. The minimum absolute atomic E-state index is 0. The molecule has 0 amide bonds. The van der Waals surface area contributed by atoms with E-state index >= 15 is 0 Å². The number of aliphatic imine (C=N–C) groups is 1. The number of rotatable bonds is 7. The minimum Gasteiger partial charge on any atom is -0.357 e. The van der Waals surface area contributed by atoms with E-state index in [1.54, 1.807) is 11.3 Å². The molecule has 1 aromatic rings. The molecule has 21 heavy (non-hydrogen) atoms. The smallest absolute Gasteiger partial charge is 0.191 e. The van der Waals surface area contributed by atoms with Crippen LogP contribution in [-0.2, 0) is 13.0 Å². The van der Waals surface area contributed by atoms with Gasteiger partial charge < -0.3 is 10.6 Å². The molecule has 0 radical (unpaired) electrons. The molecule has 2 atom stereocenters. The summed E-state index contributed by atoms with van der Waals surface area (Å²) in [5, 5.41) is 7.95. The number of halogens is 1. The van der Waals surface area contributed by atoms with Crippen molar-refractivity contribution in [2.45, 2.75) is 59.0 Å². The lowest BCUT2D eigenvalue weighted by atomic mass is 10.2. The van der Waals surface area contributed by atoms with Crippen LogP contribution in [0.25, 0.3) is 0 Å². The average Bonchev–Trinajstić information content (AvgIpc) is 3.01. The first-order chi connectivity index (χ1) is 9.76. The summed E-state index contributed by atoms with van der Waals surface area (Å²) >= 11 is 1.76. The van der Waals surface area contributed by atoms with E-state index in [4.69, 9.17) is 0 Å². The maximum absolute atomic E-state index is 4.65. The molecule has 0 aromatic carbocycles. The molecular weight excluding hydrogens is 395 g/mol. The van der Waals surface area contributed by atoms with Crippen LogP contribution < -0.4 is 10.6 Å². The topological polar surface area (TPSA) is 49.3 Å². The Morgan fingerprint density at radius 1 is 1.43 bits per heavy atom. The first kappa shape index (κ1) is 18.7. The molecule has 120 valence electrons. The van der Waals surface area contributed by atoms with Gasteiger partial charge in [-0.05, 0) is 32.1 Å². The van der Waals surface area contributed by atoms with E-state index in [1.165, 1.54) is 24.1 Å². The first-order valence-corrected chi connectivity index (χ1v) is 8.56. The van der Waals surface area contributed by atoms with Crippen LogP contribution in [0.1, 0.15) is 49.9 Å². The molecule has 1 heterocycles. The van der Waals surface area contributed by atoms with Crippen molar-refractivity contribution in [2.75, 3.05) is 6.54 Å². The van der Waals surface area contributed by atoms with E-state index in [9.17, 15) is 0 Å². The van der Waals surface area contributed by atoms with Gasteiger partial charge in [0.05, 0.1) is 6.54 Å². The van der Waals surface area contributed by atoms with Gasteiger partial charge in [-0.3, -0.25) is 0 Å². The Kier molecular flexibility index (Phi) is 8.55. The fourth-order valence-corrected chi connectivity index (χ4v) is 3.13. The van der Waals surface area contributed by atoms with Gasteiger partial charge >= 0.3 is 0 Å². The van der Waals surface area contributed by atoms with Crippen molar-refractivity contribution >= 4 is 41.3 Å². The number of aryl methyl sites for hydroxylation is 1. The quantitative estimate of drug-likeness (QED) is 0.401. The van der Waals surface area contributed by atoms with Gasteiger partial charge in [0.1, 0.15) is 5.01 Å². The molecular formula is C15H27IN4S. The van der Waals surface area contributed by atoms with Crippen LogP contribution in [0.15, 0.2) is 11.2 Å². The molecule has 0 aliphatic heterocycles. The van der Waals surface area contributed by atoms with Crippen molar-refractivity contribution in [2.24, 2.45) is 10.9 Å². The van der Waals surface area contributed by atoms with Crippen LogP contribution in [-0.4, -0.2) is 23.5 Å². The molecule has 2 unspecified atom stereocenters. The van der Waals surface area contributed by atoms with Crippen LogP contribution >= 0.6 is 35.3 Å². The maximum atomic E-state index is 4.65. The zero-order valence-corrected chi connectivity index (χ0v) is 16.3. The van der Waals surface area contributed by atoms with Crippen molar-refractivity contribution in [3.63, 3.8) is 0 Å². The lowest BCUT2D eigenvalue weighted by molar-refractivity contribution is 0.655.